The zero-order valence-corrected chi connectivity index (χ0v) is 16.6. The first-order valence-corrected chi connectivity index (χ1v) is 9.42. The van der Waals surface area contributed by atoms with E-state index < -0.39 is 12.5 Å². The lowest BCUT2D eigenvalue weighted by molar-refractivity contribution is -0.118. The fraction of sp³-hybridized carbons (Fsp3) is 0.0909. The van der Waals surface area contributed by atoms with Gasteiger partial charge in [-0.3, -0.25) is 14.6 Å². The first kappa shape index (κ1) is 20.0. The molecule has 0 aliphatic rings. The molecular formula is C22H19N5O4. The molecule has 3 aromatic heterocycles. The number of carbonyl (C=O) groups excluding carboxylic acids is 2. The Morgan fingerprint density at radius 1 is 1.06 bits per heavy atom. The second-order valence-corrected chi connectivity index (χ2v) is 6.72. The summed E-state index contributed by atoms with van der Waals surface area (Å²) in [5.41, 5.74) is 2.33. The number of nitrogens with zero attached hydrogens (tertiary/aromatic N) is 3. The minimum absolute atomic E-state index is 0.299. The second kappa shape index (κ2) is 8.64. The lowest BCUT2D eigenvalue weighted by Crippen LogP contribution is -2.15. The normalized spacial score (nSPS) is 10.6. The molecule has 2 amide bonds. The van der Waals surface area contributed by atoms with Crippen LogP contribution < -0.4 is 15.4 Å². The first-order chi connectivity index (χ1) is 15.0. The maximum atomic E-state index is 12.5. The van der Waals surface area contributed by atoms with Gasteiger partial charge >= 0.3 is 0 Å². The van der Waals surface area contributed by atoms with E-state index in [1.165, 1.54) is 0 Å². The van der Waals surface area contributed by atoms with Crippen molar-refractivity contribution in [3.05, 3.63) is 78.4 Å². The molecule has 0 atom stereocenters. The van der Waals surface area contributed by atoms with Crippen LogP contribution in [0, 0.1) is 6.92 Å². The van der Waals surface area contributed by atoms with Gasteiger partial charge in [-0.1, -0.05) is 12.1 Å². The van der Waals surface area contributed by atoms with Gasteiger partial charge in [0.1, 0.15) is 29.4 Å². The third-order valence-corrected chi connectivity index (χ3v) is 4.39. The molecule has 3 N–H and O–H groups in total. The molecule has 9 heteroatoms. The molecule has 9 nitrogen and oxygen atoms in total. The van der Waals surface area contributed by atoms with Gasteiger partial charge < -0.3 is 24.9 Å². The molecule has 0 saturated carbocycles. The third-order valence-electron chi connectivity index (χ3n) is 4.39. The van der Waals surface area contributed by atoms with Crippen molar-refractivity contribution in [1.82, 2.24) is 14.4 Å². The van der Waals surface area contributed by atoms with E-state index in [4.69, 9.17) is 9.84 Å². The van der Waals surface area contributed by atoms with Gasteiger partial charge in [0, 0.05) is 18.0 Å². The van der Waals surface area contributed by atoms with E-state index in [2.05, 4.69) is 20.6 Å². The molecule has 0 bridgehead atoms. The second-order valence-electron chi connectivity index (χ2n) is 6.72. The Kier molecular flexibility index (Phi) is 5.59. The average molecular weight is 417 g/mol. The molecule has 0 saturated heterocycles. The van der Waals surface area contributed by atoms with Gasteiger partial charge in [0.05, 0.1) is 12.4 Å². The third kappa shape index (κ3) is 4.68. The zero-order chi connectivity index (χ0) is 21.8. The Labute approximate surface area is 177 Å². The van der Waals surface area contributed by atoms with E-state index in [9.17, 15) is 9.59 Å². The topological polar surface area (TPSA) is 118 Å². The van der Waals surface area contributed by atoms with Gasteiger partial charge in [0.2, 0.25) is 0 Å². The molecule has 156 valence electrons. The molecule has 0 aliphatic heterocycles. The average Bonchev–Trinajstić information content (AvgIpc) is 3.15. The molecule has 0 unspecified atom stereocenters. The summed E-state index contributed by atoms with van der Waals surface area (Å²) in [4.78, 5) is 32.2. The van der Waals surface area contributed by atoms with E-state index in [0.29, 0.717) is 34.3 Å². The number of amides is 2. The van der Waals surface area contributed by atoms with E-state index in [1.807, 2.05) is 13.0 Å². The zero-order valence-electron chi connectivity index (χ0n) is 16.6. The number of rotatable bonds is 6. The number of aryl methyl sites for hydroxylation is 1. The predicted molar refractivity (Wildman–Crippen MR) is 114 cm³/mol. The number of anilines is 2. The summed E-state index contributed by atoms with van der Waals surface area (Å²) < 4.78 is 7.60. The van der Waals surface area contributed by atoms with Crippen molar-refractivity contribution in [3.8, 4) is 11.5 Å². The smallest absolute Gasteiger partial charge is 0.274 e. The van der Waals surface area contributed by atoms with Crippen molar-refractivity contribution in [2.45, 2.75) is 6.92 Å². The van der Waals surface area contributed by atoms with Crippen LogP contribution in [-0.2, 0) is 4.79 Å². The summed E-state index contributed by atoms with van der Waals surface area (Å²) >= 11 is 0. The summed E-state index contributed by atoms with van der Waals surface area (Å²) in [6, 6.07) is 14.1. The summed E-state index contributed by atoms with van der Waals surface area (Å²) in [5, 5.41) is 14.1. The molecule has 1 aromatic carbocycles. The number of benzene rings is 1. The Morgan fingerprint density at radius 3 is 2.74 bits per heavy atom. The number of carbonyl (C=O) groups is 2. The van der Waals surface area contributed by atoms with Crippen molar-refractivity contribution >= 4 is 29.0 Å². The van der Waals surface area contributed by atoms with Crippen LogP contribution in [0.1, 0.15) is 16.1 Å². The van der Waals surface area contributed by atoms with Crippen LogP contribution in [0.15, 0.2) is 67.1 Å². The standard InChI is InChI=1S/C22H19N5O4/c1-14-4-3-9-23-21(14)22(30)24-15-5-2-6-16(10-15)31-17-7-8-19-25-18(12-27(19)11-17)26-20(29)13-28/h2-12,28H,13H2,1H3,(H,24,30)(H,26,29). The van der Waals surface area contributed by atoms with Crippen molar-refractivity contribution in [1.29, 1.82) is 0 Å². The number of aliphatic hydroxyl groups is 1. The number of aliphatic hydroxyl groups excluding tert-OH is 1. The van der Waals surface area contributed by atoms with Crippen molar-refractivity contribution in [2.75, 3.05) is 17.2 Å². The highest BCUT2D eigenvalue weighted by molar-refractivity contribution is 6.03. The van der Waals surface area contributed by atoms with Gasteiger partial charge in [-0.25, -0.2) is 4.98 Å². The molecule has 0 aliphatic carbocycles. The van der Waals surface area contributed by atoms with E-state index in [0.717, 1.165) is 5.56 Å². The maximum Gasteiger partial charge on any atom is 0.274 e. The largest absolute Gasteiger partial charge is 0.456 e. The Bertz CT molecular complexity index is 1270. The van der Waals surface area contributed by atoms with Gasteiger partial charge in [-0.2, -0.15) is 0 Å². The van der Waals surface area contributed by atoms with Crippen LogP contribution in [-0.4, -0.2) is 37.9 Å². The number of hydrogen-bond acceptors (Lipinski definition) is 6. The summed E-state index contributed by atoms with van der Waals surface area (Å²) in [5.74, 6) is 0.552. The van der Waals surface area contributed by atoms with Crippen molar-refractivity contribution in [2.24, 2.45) is 0 Å². The number of aromatic nitrogens is 3. The molecule has 4 rings (SSSR count). The van der Waals surface area contributed by atoms with E-state index >= 15 is 0 Å². The number of ether oxygens (including phenoxy) is 1. The molecule has 4 aromatic rings. The van der Waals surface area contributed by atoms with Crippen LogP contribution in [0.3, 0.4) is 0 Å². The Balaban J connectivity index is 1.49. The summed E-state index contributed by atoms with van der Waals surface area (Å²) in [6.07, 6.45) is 4.90. The van der Waals surface area contributed by atoms with Crippen LogP contribution in [0.25, 0.3) is 5.65 Å². The fourth-order valence-corrected chi connectivity index (χ4v) is 2.96. The maximum absolute atomic E-state index is 12.5. The lowest BCUT2D eigenvalue weighted by atomic mass is 10.2. The number of fused-ring (bicyclic) bond motifs is 1. The Hall–Kier alpha value is -4.24. The van der Waals surface area contributed by atoms with E-state index in [-0.39, 0.29) is 5.91 Å². The molecular weight excluding hydrogens is 398 g/mol. The van der Waals surface area contributed by atoms with Gasteiger partial charge in [0.25, 0.3) is 11.8 Å². The quantitative estimate of drug-likeness (QED) is 0.444. The van der Waals surface area contributed by atoms with Crippen molar-refractivity contribution in [3.63, 3.8) is 0 Å². The SMILES string of the molecule is Cc1cccnc1C(=O)Nc1cccc(Oc2ccc3nc(NC(=O)CO)cn3c2)c1. The minimum atomic E-state index is -0.616. The monoisotopic (exact) mass is 417 g/mol. The van der Waals surface area contributed by atoms with E-state index in [1.54, 1.807) is 65.5 Å². The summed E-state index contributed by atoms with van der Waals surface area (Å²) in [7, 11) is 0. The minimum Gasteiger partial charge on any atom is -0.456 e. The number of hydrogen-bond donors (Lipinski definition) is 3. The first-order valence-electron chi connectivity index (χ1n) is 9.42. The molecule has 3 heterocycles. The van der Waals surface area contributed by atoms with Crippen LogP contribution in [0.4, 0.5) is 11.5 Å². The lowest BCUT2D eigenvalue weighted by Gasteiger charge is -2.10. The van der Waals surface area contributed by atoms with Crippen LogP contribution >= 0.6 is 0 Å². The van der Waals surface area contributed by atoms with Gasteiger partial charge in [0.15, 0.2) is 5.82 Å². The number of nitrogens with one attached hydrogen (secondary N) is 2. The molecule has 0 spiro atoms. The van der Waals surface area contributed by atoms with Crippen LogP contribution in [0.5, 0.6) is 11.5 Å². The van der Waals surface area contributed by atoms with Gasteiger partial charge in [-0.05, 0) is 42.8 Å². The summed E-state index contributed by atoms with van der Waals surface area (Å²) in [6.45, 7) is 1.21. The highest BCUT2D eigenvalue weighted by atomic mass is 16.5. The number of imidazole rings is 1. The Morgan fingerprint density at radius 2 is 1.94 bits per heavy atom. The predicted octanol–water partition coefficient (Wildman–Crippen LogP) is 3.01. The van der Waals surface area contributed by atoms with Crippen molar-refractivity contribution < 1.29 is 19.4 Å². The number of pyridine rings is 2. The molecule has 0 radical (unpaired) electrons. The highest BCUT2D eigenvalue weighted by Crippen LogP contribution is 2.25. The highest BCUT2D eigenvalue weighted by Gasteiger charge is 2.11. The van der Waals surface area contributed by atoms with Crippen LogP contribution in [0.2, 0.25) is 0 Å². The molecule has 0 fully saturated rings. The molecule has 31 heavy (non-hydrogen) atoms. The fourth-order valence-electron chi connectivity index (χ4n) is 2.96. The van der Waals surface area contributed by atoms with Gasteiger partial charge in [-0.15, -0.1) is 0 Å².